The maximum atomic E-state index is 13.7. The number of hydrogen-bond acceptors (Lipinski definition) is 1. The second-order valence-electron chi connectivity index (χ2n) is 5.92. The molecule has 0 heterocycles. The summed E-state index contributed by atoms with van der Waals surface area (Å²) in [7, 11) is 0. The lowest BCUT2D eigenvalue weighted by Gasteiger charge is -2.27. The molecule has 0 saturated carbocycles. The summed E-state index contributed by atoms with van der Waals surface area (Å²) in [6.45, 7) is 11.5. The quantitative estimate of drug-likeness (QED) is 0.799. The van der Waals surface area contributed by atoms with Gasteiger partial charge in [-0.15, -0.1) is 0 Å². The van der Waals surface area contributed by atoms with Crippen molar-refractivity contribution < 1.29 is 8.78 Å². The molecular formula is C16H25F2N. The van der Waals surface area contributed by atoms with E-state index in [9.17, 15) is 8.78 Å². The van der Waals surface area contributed by atoms with Gasteiger partial charge in [0.1, 0.15) is 0 Å². The van der Waals surface area contributed by atoms with Crippen molar-refractivity contribution in [2.75, 3.05) is 6.54 Å². The number of rotatable bonds is 6. The first-order valence-electron chi connectivity index (χ1n) is 7.01. The lowest BCUT2D eigenvalue weighted by molar-refractivity contribution is 0.267. The van der Waals surface area contributed by atoms with E-state index in [1.54, 1.807) is 12.1 Å². The van der Waals surface area contributed by atoms with Gasteiger partial charge >= 0.3 is 0 Å². The number of halogens is 2. The van der Waals surface area contributed by atoms with Crippen molar-refractivity contribution in [2.24, 2.45) is 17.8 Å². The van der Waals surface area contributed by atoms with Gasteiger partial charge < -0.3 is 5.32 Å². The van der Waals surface area contributed by atoms with E-state index in [4.69, 9.17) is 0 Å². The molecule has 1 unspecified atom stereocenters. The average molecular weight is 269 g/mol. The predicted octanol–water partition coefficient (Wildman–Crippen LogP) is 4.54. The van der Waals surface area contributed by atoms with Crippen LogP contribution in [0.1, 0.15) is 46.2 Å². The third-order valence-electron chi connectivity index (χ3n) is 3.82. The first-order valence-corrected chi connectivity index (χ1v) is 7.01. The van der Waals surface area contributed by atoms with Gasteiger partial charge in [0.15, 0.2) is 11.6 Å². The molecule has 0 fully saturated rings. The summed E-state index contributed by atoms with van der Waals surface area (Å²) in [4.78, 5) is 0. The van der Waals surface area contributed by atoms with Crippen LogP contribution in [0, 0.1) is 29.4 Å². The van der Waals surface area contributed by atoms with E-state index < -0.39 is 11.6 Å². The van der Waals surface area contributed by atoms with Crippen molar-refractivity contribution in [1.82, 2.24) is 5.32 Å². The first kappa shape index (κ1) is 16.1. The molecule has 19 heavy (non-hydrogen) atoms. The van der Waals surface area contributed by atoms with E-state index >= 15 is 0 Å². The summed E-state index contributed by atoms with van der Waals surface area (Å²) in [6, 6.07) is 4.15. The largest absolute Gasteiger partial charge is 0.310 e. The van der Waals surface area contributed by atoms with E-state index in [1.165, 1.54) is 0 Å². The summed E-state index contributed by atoms with van der Waals surface area (Å²) >= 11 is 0. The van der Waals surface area contributed by atoms with E-state index in [0.29, 0.717) is 23.3 Å². The Labute approximate surface area is 115 Å². The molecule has 0 aliphatic carbocycles. The Bertz CT molecular complexity index is 394. The minimum absolute atomic E-state index is 0.185. The van der Waals surface area contributed by atoms with Crippen LogP contribution in [-0.4, -0.2) is 6.54 Å². The highest BCUT2D eigenvalue weighted by Crippen LogP contribution is 2.23. The summed E-state index contributed by atoms with van der Waals surface area (Å²) in [5.74, 6) is 0.136. The van der Waals surface area contributed by atoms with Crippen LogP contribution in [0.25, 0.3) is 0 Å². The third-order valence-corrected chi connectivity index (χ3v) is 3.82. The summed E-state index contributed by atoms with van der Waals surface area (Å²) in [6.07, 6.45) is 0. The van der Waals surface area contributed by atoms with Gasteiger partial charge in [-0.2, -0.15) is 0 Å². The normalized spacial score (nSPS) is 13.6. The lowest BCUT2D eigenvalue weighted by atomic mass is 9.85. The van der Waals surface area contributed by atoms with Gasteiger partial charge in [-0.1, -0.05) is 39.8 Å². The topological polar surface area (TPSA) is 12.0 Å². The van der Waals surface area contributed by atoms with Crippen molar-refractivity contribution in [1.29, 1.82) is 0 Å². The van der Waals surface area contributed by atoms with Gasteiger partial charge in [0.05, 0.1) is 0 Å². The van der Waals surface area contributed by atoms with Crippen LogP contribution < -0.4 is 5.32 Å². The highest BCUT2D eigenvalue weighted by Gasteiger charge is 2.20. The van der Waals surface area contributed by atoms with Gasteiger partial charge in [0.2, 0.25) is 0 Å². The molecule has 1 N–H and O–H groups in total. The van der Waals surface area contributed by atoms with E-state index in [-0.39, 0.29) is 6.04 Å². The molecular weight excluding hydrogens is 244 g/mol. The molecule has 0 aromatic heterocycles. The van der Waals surface area contributed by atoms with Gasteiger partial charge in [0.25, 0.3) is 0 Å². The monoisotopic (exact) mass is 269 g/mol. The van der Waals surface area contributed by atoms with Crippen LogP contribution in [0.2, 0.25) is 0 Å². The number of benzene rings is 1. The first-order chi connectivity index (χ1) is 8.84. The molecule has 1 aromatic carbocycles. The van der Waals surface area contributed by atoms with Gasteiger partial charge in [-0.05, 0) is 37.3 Å². The second-order valence-corrected chi connectivity index (χ2v) is 5.92. The third kappa shape index (κ3) is 4.27. The highest BCUT2D eigenvalue weighted by molar-refractivity contribution is 5.21. The Hall–Kier alpha value is -0.960. The van der Waals surface area contributed by atoms with Gasteiger partial charge in [0, 0.05) is 11.6 Å². The van der Waals surface area contributed by atoms with Gasteiger partial charge in [-0.3, -0.25) is 0 Å². The molecule has 0 radical (unpaired) electrons. The molecule has 1 aromatic rings. The maximum absolute atomic E-state index is 13.7. The molecule has 108 valence electrons. The Morgan fingerprint density at radius 1 is 1.00 bits per heavy atom. The zero-order chi connectivity index (χ0) is 14.6. The predicted molar refractivity (Wildman–Crippen MR) is 75.9 cm³/mol. The van der Waals surface area contributed by atoms with Crippen LogP contribution in [-0.2, 0) is 0 Å². The minimum Gasteiger partial charge on any atom is -0.310 e. The molecule has 1 atom stereocenters. The molecule has 1 nitrogen and oxygen atoms in total. The van der Waals surface area contributed by atoms with Crippen LogP contribution in [0.4, 0.5) is 8.78 Å². The zero-order valence-electron chi connectivity index (χ0n) is 12.5. The molecule has 1 rings (SSSR count). The van der Waals surface area contributed by atoms with Crippen molar-refractivity contribution in [2.45, 2.75) is 40.7 Å². The Morgan fingerprint density at radius 2 is 1.58 bits per heavy atom. The Morgan fingerprint density at radius 3 is 2.11 bits per heavy atom. The van der Waals surface area contributed by atoms with E-state index in [0.717, 1.165) is 12.6 Å². The van der Waals surface area contributed by atoms with Crippen LogP contribution in [0.5, 0.6) is 0 Å². The lowest BCUT2D eigenvalue weighted by Crippen LogP contribution is -2.31. The fourth-order valence-corrected chi connectivity index (χ4v) is 2.52. The van der Waals surface area contributed by atoms with Crippen molar-refractivity contribution in [3.8, 4) is 0 Å². The average Bonchev–Trinajstić information content (AvgIpc) is 2.31. The number of hydrogen-bond donors (Lipinski definition) is 1. The Balaban J connectivity index is 2.69. The highest BCUT2D eigenvalue weighted by atomic mass is 19.2. The molecule has 0 saturated heterocycles. The van der Waals surface area contributed by atoms with Crippen molar-refractivity contribution in [3.05, 3.63) is 35.4 Å². The fraction of sp³-hybridized carbons (Fsp3) is 0.625. The van der Waals surface area contributed by atoms with Crippen LogP contribution in [0.15, 0.2) is 18.2 Å². The molecule has 0 amide bonds. The molecule has 3 heteroatoms. The van der Waals surface area contributed by atoms with Crippen molar-refractivity contribution in [3.63, 3.8) is 0 Å². The SMILES string of the molecule is CC(NCC(C(C)C)C(C)C)c1cccc(F)c1F. The minimum atomic E-state index is -0.782. The fourth-order valence-electron chi connectivity index (χ4n) is 2.52. The standard InChI is InChI=1S/C16H25F2N/c1-10(2)14(11(3)4)9-19-12(5)13-7-6-8-15(17)16(13)18/h6-8,10-12,14,19H,9H2,1-5H3. The zero-order valence-corrected chi connectivity index (χ0v) is 12.5. The van der Waals surface area contributed by atoms with E-state index in [1.807, 2.05) is 6.92 Å². The summed E-state index contributed by atoms with van der Waals surface area (Å²) in [5.41, 5.74) is 0.395. The van der Waals surface area contributed by atoms with Gasteiger partial charge in [-0.25, -0.2) is 8.78 Å². The molecule has 0 aliphatic heterocycles. The maximum Gasteiger partial charge on any atom is 0.163 e. The molecule has 0 aliphatic rings. The summed E-state index contributed by atoms with van der Waals surface area (Å²) < 4.78 is 26.9. The van der Waals surface area contributed by atoms with Crippen LogP contribution >= 0.6 is 0 Å². The molecule has 0 bridgehead atoms. The van der Waals surface area contributed by atoms with Crippen LogP contribution in [0.3, 0.4) is 0 Å². The van der Waals surface area contributed by atoms with E-state index in [2.05, 4.69) is 33.0 Å². The molecule has 0 spiro atoms. The Kier molecular flexibility index (Phi) is 5.92. The number of nitrogens with one attached hydrogen (secondary N) is 1. The van der Waals surface area contributed by atoms with Crippen molar-refractivity contribution >= 4 is 0 Å². The summed E-state index contributed by atoms with van der Waals surface area (Å²) in [5, 5.41) is 3.32. The smallest absolute Gasteiger partial charge is 0.163 e. The second kappa shape index (κ2) is 6.99.